The van der Waals surface area contributed by atoms with Gasteiger partial charge in [-0.3, -0.25) is 4.79 Å². The van der Waals surface area contributed by atoms with E-state index in [1.807, 2.05) is 48.5 Å². The van der Waals surface area contributed by atoms with Gasteiger partial charge in [0.25, 0.3) is 0 Å². The minimum atomic E-state index is -1.39. The number of benzene rings is 2. The van der Waals surface area contributed by atoms with Crippen LogP contribution in [0.1, 0.15) is 21.5 Å². The highest BCUT2D eigenvalue weighted by Crippen LogP contribution is 2.33. The maximum atomic E-state index is 11.7. The van der Waals surface area contributed by atoms with Gasteiger partial charge in [0.2, 0.25) is 5.43 Å². The summed E-state index contributed by atoms with van der Waals surface area (Å²) < 4.78 is 1.47. The molecule has 0 amide bonds. The van der Waals surface area contributed by atoms with Gasteiger partial charge in [0.1, 0.15) is 5.56 Å². The molecule has 1 aromatic heterocycles. The summed E-state index contributed by atoms with van der Waals surface area (Å²) in [5.41, 5.74) is 0.310. The molecule has 3 aromatic rings. The van der Waals surface area contributed by atoms with E-state index in [0.717, 1.165) is 20.9 Å². The third-order valence-electron chi connectivity index (χ3n) is 3.98. The molecule has 27 heavy (non-hydrogen) atoms. The highest BCUT2D eigenvalue weighted by Gasteiger charge is 2.14. The molecule has 7 heteroatoms. The first-order valence-electron chi connectivity index (χ1n) is 8.10. The number of carboxylic acids is 1. The number of hydrogen-bond donors (Lipinski definition) is 3. The van der Waals surface area contributed by atoms with Crippen LogP contribution in [0.3, 0.4) is 0 Å². The first-order chi connectivity index (χ1) is 13.0. The van der Waals surface area contributed by atoms with Crippen LogP contribution < -0.4 is 5.43 Å². The maximum absolute atomic E-state index is 11.7. The molecule has 0 fully saturated rings. The molecule has 1 heterocycles. The minimum Gasteiger partial charge on any atom is -0.503 e. The summed E-state index contributed by atoms with van der Waals surface area (Å²) >= 11 is 1.49. The molecule has 0 unspecified atom stereocenters. The van der Waals surface area contributed by atoms with E-state index >= 15 is 0 Å². The molecule has 0 saturated carbocycles. The third kappa shape index (κ3) is 4.21. The Kier molecular flexibility index (Phi) is 5.63. The van der Waals surface area contributed by atoms with E-state index in [1.54, 1.807) is 0 Å². The van der Waals surface area contributed by atoms with Crippen molar-refractivity contribution in [3.8, 4) is 5.75 Å². The first kappa shape index (κ1) is 18.8. The fourth-order valence-electron chi connectivity index (χ4n) is 2.64. The van der Waals surface area contributed by atoms with Gasteiger partial charge >= 0.3 is 5.97 Å². The summed E-state index contributed by atoms with van der Waals surface area (Å²) in [4.78, 5) is 24.8. The van der Waals surface area contributed by atoms with Crippen molar-refractivity contribution in [1.29, 1.82) is 0 Å². The summed E-state index contributed by atoms with van der Waals surface area (Å²) in [6, 6.07) is 15.1. The Morgan fingerprint density at radius 1 is 0.963 bits per heavy atom. The zero-order chi connectivity index (χ0) is 19.4. The molecule has 0 atom stereocenters. The van der Waals surface area contributed by atoms with Crippen molar-refractivity contribution >= 4 is 17.7 Å². The molecule has 2 aromatic carbocycles. The Hall–Kier alpha value is -3.03. The van der Waals surface area contributed by atoms with Crippen molar-refractivity contribution in [2.75, 3.05) is 0 Å². The number of carboxylic acid groups (broad SMARTS) is 1. The molecule has 138 valence electrons. The average Bonchev–Trinajstić information content (AvgIpc) is 2.66. The zero-order valence-corrected chi connectivity index (χ0v) is 15.0. The lowest BCUT2D eigenvalue weighted by Gasteiger charge is -2.13. The van der Waals surface area contributed by atoms with Crippen LogP contribution in [-0.4, -0.2) is 25.9 Å². The second kappa shape index (κ2) is 8.11. The van der Waals surface area contributed by atoms with Crippen molar-refractivity contribution in [3.05, 3.63) is 87.8 Å². The second-order valence-electron chi connectivity index (χ2n) is 5.84. The Balaban J connectivity index is 1.96. The Labute approximate surface area is 159 Å². The van der Waals surface area contributed by atoms with Crippen LogP contribution in [0, 0.1) is 0 Å². The maximum Gasteiger partial charge on any atom is 0.341 e. The largest absolute Gasteiger partial charge is 0.503 e. The monoisotopic (exact) mass is 383 g/mol. The number of aromatic nitrogens is 1. The van der Waals surface area contributed by atoms with E-state index in [1.165, 1.54) is 28.7 Å². The number of carbonyl (C=O) groups is 1. The number of nitrogens with zero attached hydrogens (tertiary/aromatic N) is 1. The molecule has 0 aliphatic carbocycles. The minimum absolute atomic E-state index is 0.0686. The molecular formula is C20H17NO5S. The number of aromatic carboxylic acids is 1. The number of aromatic hydroxyl groups is 1. The van der Waals surface area contributed by atoms with Gasteiger partial charge in [-0.15, -0.1) is 0 Å². The van der Waals surface area contributed by atoms with Crippen molar-refractivity contribution in [2.24, 2.45) is 0 Å². The SMILES string of the molecule is O=C(O)c1cn(Cc2ccccc2Sc2ccccc2CO)cc(O)c1=O. The molecule has 3 rings (SSSR count). The first-order valence-corrected chi connectivity index (χ1v) is 8.92. The van der Waals surface area contributed by atoms with Crippen LogP contribution in [0.25, 0.3) is 0 Å². The number of pyridine rings is 1. The summed E-state index contributed by atoms with van der Waals surface area (Å²) in [6.45, 7) is 0.208. The molecule has 6 nitrogen and oxygen atoms in total. The van der Waals surface area contributed by atoms with E-state index in [9.17, 15) is 19.8 Å². The molecule has 0 spiro atoms. The van der Waals surface area contributed by atoms with Crippen LogP contribution >= 0.6 is 11.8 Å². The predicted octanol–water partition coefficient (Wildman–Crippen LogP) is 2.94. The lowest BCUT2D eigenvalue weighted by atomic mass is 10.2. The molecular weight excluding hydrogens is 366 g/mol. The number of hydrogen-bond acceptors (Lipinski definition) is 5. The fourth-order valence-corrected chi connectivity index (χ4v) is 3.70. The Morgan fingerprint density at radius 2 is 1.56 bits per heavy atom. The van der Waals surface area contributed by atoms with Crippen molar-refractivity contribution in [2.45, 2.75) is 22.9 Å². The molecule has 0 saturated heterocycles. The Morgan fingerprint density at radius 3 is 2.19 bits per heavy atom. The van der Waals surface area contributed by atoms with Crippen LogP contribution in [0.2, 0.25) is 0 Å². The Bertz CT molecular complexity index is 1040. The van der Waals surface area contributed by atoms with Gasteiger partial charge in [-0.1, -0.05) is 48.2 Å². The van der Waals surface area contributed by atoms with E-state index < -0.39 is 22.7 Å². The van der Waals surface area contributed by atoms with Gasteiger partial charge in [0.05, 0.1) is 12.8 Å². The van der Waals surface area contributed by atoms with E-state index in [4.69, 9.17) is 5.11 Å². The van der Waals surface area contributed by atoms with Gasteiger partial charge in [-0.25, -0.2) is 4.79 Å². The number of rotatable bonds is 6. The van der Waals surface area contributed by atoms with E-state index in [2.05, 4.69) is 0 Å². The lowest BCUT2D eigenvalue weighted by Crippen LogP contribution is -2.17. The predicted molar refractivity (Wildman–Crippen MR) is 101 cm³/mol. The number of aliphatic hydroxyl groups excluding tert-OH is 1. The fraction of sp³-hybridized carbons (Fsp3) is 0.100. The summed E-state index contributed by atoms with van der Waals surface area (Å²) in [6.07, 6.45) is 2.44. The molecule has 0 bridgehead atoms. The second-order valence-corrected chi connectivity index (χ2v) is 6.92. The van der Waals surface area contributed by atoms with Crippen LogP contribution in [0.4, 0.5) is 0 Å². The van der Waals surface area contributed by atoms with Gasteiger partial charge in [0, 0.05) is 22.5 Å². The van der Waals surface area contributed by atoms with Gasteiger partial charge in [0.15, 0.2) is 5.75 Å². The van der Waals surface area contributed by atoms with E-state index in [-0.39, 0.29) is 13.2 Å². The molecule has 0 radical (unpaired) electrons. The highest BCUT2D eigenvalue weighted by molar-refractivity contribution is 7.99. The lowest BCUT2D eigenvalue weighted by molar-refractivity contribution is 0.0694. The number of aliphatic hydroxyl groups is 1. The van der Waals surface area contributed by atoms with Crippen molar-refractivity contribution in [1.82, 2.24) is 4.57 Å². The van der Waals surface area contributed by atoms with Crippen molar-refractivity contribution < 1.29 is 20.1 Å². The third-order valence-corrected chi connectivity index (χ3v) is 5.22. The normalized spacial score (nSPS) is 10.7. The standard InChI is InChI=1S/C20H17NO5S/c22-12-14-6-2-4-8-18(14)27-17-7-3-1-5-13(17)9-21-10-15(20(25)26)19(24)16(23)11-21/h1-8,10-11,22-23H,9,12H2,(H,25,26). The topological polar surface area (TPSA) is 99.8 Å². The quantitative estimate of drug-likeness (QED) is 0.605. The van der Waals surface area contributed by atoms with Gasteiger partial charge in [-0.05, 0) is 23.3 Å². The van der Waals surface area contributed by atoms with Crippen LogP contribution in [0.15, 0.2) is 75.5 Å². The van der Waals surface area contributed by atoms with Gasteiger partial charge < -0.3 is 19.9 Å². The summed E-state index contributed by atoms with van der Waals surface area (Å²) in [5, 5.41) is 28.4. The summed E-state index contributed by atoms with van der Waals surface area (Å²) in [7, 11) is 0. The molecule has 0 aliphatic heterocycles. The van der Waals surface area contributed by atoms with E-state index in [0.29, 0.717) is 0 Å². The van der Waals surface area contributed by atoms with Gasteiger partial charge in [-0.2, -0.15) is 0 Å². The summed E-state index contributed by atoms with van der Waals surface area (Å²) in [5.74, 6) is -1.99. The average molecular weight is 383 g/mol. The molecule has 0 aliphatic rings. The van der Waals surface area contributed by atoms with Crippen LogP contribution in [-0.2, 0) is 13.2 Å². The van der Waals surface area contributed by atoms with Crippen LogP contribution in [0.5, 0.6) is 5.75 Å². The highest BCUT2D eigenvalue weighted by atomic mass is 32.2. The van der Waals surface area contributed by atoms with Crippen molar-refractivity contribution in [3.63, 3.8) is 0 Å². The zero-order valence-electron chi connectivity index (χ0n) is 14.2. The smallest absolute Gasteiger partial charge is 0.341 e. The molecule has 3 N–H and O–H groups in total.